The number of alkyl halides is 5. The van der Waals surface area contributed by atoms with Gasteiger partial charge < -0.3 is 0 Å². The van der Waals surface area contributed by atoms with E-state index < -0.39 is 9.96 Å². The Morgan fingerprint density at radius 3 is 2.31 bits per heavy atom. The van der Waals surface area contributed by atoms with Gasteiger partial charge in [0.15, 0.2) is 0 Å². The van der Waals surface area contributed by atoms with Crippen LogP contribution in [0.15, 0.2) is 11.6 Å². The van der Waals surface area contributed by atoms with Gasteiger partial charge in [0.2, 0.25) is 0 Å². The molecule has 0 amide bonds. The summed E-state index contributed by atoms with van der Waals surface area (Å²) in [4.78, 5) is -3.70. The summed E-state index contributed by atoms with van der Waals surface area (Å²) < 4.78 is 38.7. The predicted molar refractivity (Wildman–Crippen MR) is 50.1 cm³/mol. The van der Waals surface area contributed by atoms with E-state index in [1.807, 2.05) is 15.9 Å². The molecule has 0 aliphatic heterocycles. The first-order chi connectivity index (χ1) is 5.86. The maximum Gasteiger partial charge on any atom is 0.352 e. The molecule has 1 atom stereocenters. The summed E-state index contributed by atoms with van der Waals surface area (Å²) in [6.45, 7) is 0. The topological polar surface area (TPSA) is 0 Å². The van der Waals surface area contributed by atoms with E-state index in [-0.39, 0.29) is 5.57 Å². The lowest BCUT2D eigenvalue weighted by Gasteiger charge is -2.27. The van der Waals surface area contributed by atoms with Crippen molar-refractivity contribution in [3.63, 3.8) is 0 Å². The molecule has 0 bridgehead atoms. The van der Waals surface area contributed by atoms with Crippen molar-refractivity contribution in [1.82, 2.24) is 0 Å². The van der Waals surface area contributed by atoms with Gasteiger partial charge in [-0.2, -0.15) is 8.78 Å². The van der Waals surface area contributed by atoms with Crippen molar-refractivity contribution in [2.45, 2.75) is 35.6 Å². The van der Waals surface area contributed by atoms with E-state index in [4.69, 9.17) is 11.6 Å². The van der Waals surface area contributed by atoms with Crippen molar-refractivity contribution in [3.05, 3.63) is 11.6 Å². The average molecular weight is 278 g/mol. The Bertz CT molecular complexity index is 220. The second-order valence-corrected chi connectivity index (χ2v) is 4.56. The molecule has 0 spiro atoms. The zero-order chi connectivity index (χ0) is 10.1. The fourth-order valence-electron chi connectivity index (χ4n) is 1.31. The molecule has 1 rings (SSSR count). The average Bonchev–Trinajstić information content (AvgIpc) is 2.04. The molecule has 0 aromatic carbocycles. The standard InChI is InChI=1S/C8H9BrClF3/c9-8(12,13)7(10,11)6-4-2-1-3-5-6/h4H,1-3,5H2/t7-/m0/s1. The van der Waals surface area contributed by atoms with E-state index in [0.29, 0.717) is 19.3 Å². The first-order valence-electron chi connectivity index (χ1n) is 4.00. The first-order valence-corrected chi connectivity index (χ1v) is 5.17. The van der Waals surface area contributed by atoms with Crippen molar-refractivity contribution in [3.8, 4) is 0 Å². The lowest BCUT2D eigenvalue weighted by molar-refractivity contribution is 0.0131. The molecule has 1 aliphatic rings. The molecule has 0 fully saturated rings. The van der Waals surface area contributed by atoms with E-state index in [9.17, 15) is 13.2 Å². The number of hydrogen-bond donors (Lipinski definition) is 0. The number of hydrogen-bond acceptors (Lipinski definition) is 0. The van der Waals surface area contributed by atoms with Gasteiger partial charge in [-0.1, -0.05) is 17.7 Å². The van der Waals surface area contributed by atoms with Crippen LogP contribution in [0.5, 0.6) is 0 Å². The summed E-state index contributed by atoms with van der Waals surface area (Å²) in [7, 11) is 0. The maximum atomic E-state index is 13.4. The van der Waals surface area contributed by atoms with Crippen molar-refractivity contribution < 1.29 is 13.2 Å². The molecule has 0 saturated heterocycles. The summed E-state index contributed by atoms with van der Waals surface area (Å²) in [5.74, 6) is 0. The Labute approximate surface area is 88.3 Å². The van der Waals surface area contributed by atoms with Crippen LogP contribution in [0.25, 0.3) is 0 Å². The van der Waals surface area contributed by atoms with Gasteiger partial charge in [-0.25, -0.2) is 4.39 Å². The normalized spacial score (nSPS) is 23.6. The van der Waals surface area contributed by atoms with Crippen LogP contribution in [0, 0.1) is 0 Å². The molecule has 0 radical (unpaired) electrons. The van der Waals surface area contributed by atoms with Gasteiger partial charge in [0.25, 0.3) is 5.13 Å². The molecule has 5 heteroatoms. The van der Waals surface area contributed by atoms with E-state index >= 15 is 0 Å². The molecule has 0 aromatic rings. The molecule has 0 aromatic heterocycles. The highest BCUT2D eigenvalue weighted by atomic mass is 79.9. The minimum absolute atomic E-state index is 0.0118. The number of allylic oxidation sites excluding steroid dienone is 2. The maximum absolute atomic E-state index is 13.4. The largest absolute Gasteiger partial charge is 0.352 e. The highest BCUT2D eigenvalue weighted by molar-refractivity contribution is 9.10. The molecule has 1 aliphatic carbocycles. The Hall–Kier alpha value is 0.300. The SMILES string of the molecule is FC(F)(Br)[C@](F)(Cl)C1=CCCCC1. The van der Waals surface area contributed by atoms with Crippen molar-refractivity contribution in [2.75, 3.05) is 0 Å². The van der Waals surface area contributed by atoms with Crippen LogP contribution < -0.4 is 0 Å². The first kappa shape index (κ1) is 11.4. The van der Waals surface area contributed by atoms with Gasteiger partial charge in [0.05, 0.1) is 0 Å². The van der Waals surface area contributed by atoms with Crippen LogP contribution in [0.1, 0.15) is 25.7 Å². The fourth-order valence-corrected chi connectivity index (χ4v) is 1.73. The van der Waals surface area contributed by atoms with Crippen molar-refractivity contribution in [2.24, 2.45) is 0 Å². The van der Waals surface area contributed by atoms with Gasteiger partial charge in [-0.15, -0.1) is 0 Å². The van der Waals surface area contributed by atoms with Gasteiger partial charge in [-0.3, -0.25) is 0 Å². The highest BCUT2D eigenvalue weighted by Gasteiger charge is 2.54. The Balaban J connectivity index is 2.85. The van der Waals surface area contributed by atoms with Gasteiger partial charge in [0, 0.05) is 0 Å². The molecule has 13 heavy (non-hydrogen) atoms. The summed E-state index contributed by atoms with van der Waals surface area (Å²) in [5.41, 5.74) is -0.0118. The summed E-state index contributed by atoms with van der Waals surface area (Å²) in [5, 5.41) is -3.08. The minimum atomic E-state index is -3.70. The third-order valence-electron chi connectivity index (χ3n) is 2.05. The molecular weight excluding hydrogens is 268 g/mol. The second-order valence-electron chi connectivity index (χ2n) is 3.05. The number of halogens is 5. The van der Waals surface area contributed by atoms with Gasteiger partial charge in [0.1, 0.15) is 0 Å². The van der Waals surface area contributed by atoms with Crippen LogP contribution in [-0.2, 0) is 0 Å². The Morgan fingerprint density at radius 2 is 1.92 bits per heavy atom. The second kappa shape index (κ2) is 3.81. The third kappa shape index (κ3) is 2.40. The van der Waals surface area contributed by atoms with E-state index in [2.05, 4.69) is 0 Å². The number of rotatable bonds is 2. The monoisotopic (exact) mass is 276 g/mol. The minimum Gasteiger partial charge on any atom is -0.213 e. The smallest absolute Gasteiger partial charge is 0.213 e. The fraction of sp³-hybridized carbons (Fsp3) is 0.750. The molecular formula is C8H9BrClF3. The predicted octanol–water partition coefficient (Wildman–Crippen LogP) is 4.38. The van der Waals surface area contributed by atoms with Crippen molar-refractivity contribution >= 4 is 27.5 Å². The zero-order valence-corrected chi connectivity index (χ0v) is 9.14. The lowest BCUT2D eigenvalue weighted by atomic mass is 9.96. The molecule has 76 valence electrons. The molecule has 0 heterocycles. The van der Waals surface area contributed by atoms with Gasteiger partial charge in [-0.05, 0) is 47.2 Å². The lowest BCUT2D eigenvalue weighted by Crippen LogP contribution is -2.36. The zero-order valence-electron chi connectivity index (χ0n) is 6.80. The molecule has 0 nitrogen and oxygen atoms in total. The van der Waals surface area contributed by atoms with E-state index in [1.54, 1.807) is 0 Å². The Morgan fingerprint density at radius 1 is 1.31 bits per heavy atom. The summed E-state index contributed by atoms with van der Waals surface area (Å²) >= 11 is 7.11. The molecule has 0 unspecified atom stereocenters. The summed E-state index contributed by atoms with van der Waals surface area (Å²) in [6.07, 6.45) is 4.02. The summed E-state index contributed by atoms with van der Waals surface area (Å²) in [6, 6.07) is 0. The van der Waals surface area contributed by atoms with Gasteiger partial charge >= 0.3 is 4.83 Å². The molecule has 0 saturated carbocycles. The molecule has 0 N–H and O–H groups in total. The van der Waals surface area contributed by atoms with Crippen LogP contribution in [0.2, 0.25) is 0 Å². The quantitative estimate of drug-likeness (QED) is 0.519. The Kier molecular flexibility index (Phi) is 3.33. The van der Waals surface area contributed by atoms with Crippen LogP contribution in [0.3, 0.4) is 0 Å². The van der Waals surface area contributed by atoms with Crippen molar-refractivity contribution in [1.29, 1.82) is 0 Å². The van der Waals surface area contributed by atoms with E-state index in [1.165, 1.54) is 6.08 Å². The third-order valence-corrected chi connectivity index (χ3v) is 3.31. The highest BCUT2D eigenvalue weighted by Crippen LogP contribution is 2.48. The van der Waals surface area contributed by atoms with Crippen LogP contribution >= 0.6 is 27.5 Å². The van der Waals surface area contributed by atoms with Crippen LogP contribution in [-0.4, -0.2) is 9.96 Å². The van der Waals surface area contributed by atoms with Crippen LogP contribution in [0.4, 0.5) is 13.2 Å². The van der Waals surface area contributed by atoms with E-state index in [0.717, 1.165) is 6.42 Å².